The SMILES string of the molecule is CCCCCC=CCC=CCCCCCCCC(=O)OCC(COP(=O)(O)OCC(O)COP(=O)(O)OCC(COC(=O)CCCCCCCCCC=CCCCCCC)OC(=O)CCCCCCCCCCCCCCC)OC(=O)CCCCCCCCCC=CCCCCCC. The summed E-state index contributed by atoms with van der Waals surface area (Å²) in [4.78, 5) is 72.9. The molecule has 0 aliphatic rings. The fraction of sp³-hybridized carbons (Fsp3) is 0.848. The van der Waals surface area contributed by atoms with Crippen LogP contribution in [0.5, 0.6) is 0 Å². The number of aliphatic hydroxyl groups is 1. The molecule has 19 heteroatoms. The molecule has 17 nitrogen and oxygen atoms in total. The van der Waals surface area contributed by atoms with Crippen LogP contribution in [0.4, 0.5) is 0 Å². The van der Waals surface area contributed by atoms with Gasteiger partial charge in [0.2, 0.25) is 0 Å². The predicted molar refractivity (Wildman–Crippen MR) is 400 cm³/mol. The summed E-state index contributed by atoms with van der Waals surface area (Å²) >= 11 is 0. The van der Waals surface area contributed by atoms with Crippen LogP contribution in [-0.2, 0) is 65.4 Å². The number of esters is 4. The lowest BCUT2D eigenvalue weighted by Crippen LogP contribution is -2.30. The molecule has 0 saturated carbocycles. The van der Waals surface area contributed by atoms with Crippen molar-refractivity contribution in [1.29, 1.82) is 0 Å². The molecule has 0 aliphatic carbocycles. The third kappa shape index (κ3) is 71.4. The second-order valence-electron chi connectivity index (χ2n) is 27.0. The maximum absolute atomic E-state index is 13.1. The molecule has 98 heavy (non-hydrogen) atoms. The van der Waals surface area contributed by atoms with E-state index in [1.54, 1.807) is 0 Å². The minimum atomic E-state index is -4.97. The molecule has 0 radical (unpaired) electrons. The Morgan fingerprint density at radius 1 is 0.286 bits per heavy atom. The second-order valence-corrected chi connectivity index (χ2v) is 29.9. The van der Waals surface area contributed by atoms with Gasteiger partial charge in [0, 0.05) is 25.7 Å². The van der Waals surface area contributed by atoms with E-state index in [2.05, 4.69) is 76.3 Å². The molecule has 0 rings (SSSR count). The van der Waals surface area contributed by atoms with E-state index in [0.717, 1.165) is 161 Å². The molecule has 0 heterocycles. The van der Waals surface area contributed by atoms with Gasteiger partial charge in [-0.05, 0) is 109 Å². The zero-order valence-electron chi connectivity index (χ0n) is 62.7. The fourth-order valence-electron chi connectivity index (χ4n) is 11.1. The fourth-order valence-corrected chi connectivity index (χ4v) is 12.7. The molecule has 0 aromatic rings. The average Bonchev–Trinajstić information content (AvgIpc) is 1.04. The van der Waals surface area contributed by atoms with Crippen LogP contribution in [0.25, 0.3) is 0 Å². The molecule has 0 fully saturated rings. The Kier molecular flexibility index (Phi) is 70.2. The molecule has 0 aromatic heterocycles. The van der Waals surface area contributed by atoms with E-state index in [4.69, 9.17) is 37.0 Å². The molecule has 0 saturated heterocycles. The van der Waals surface area contributed by atoms with Crippen molar-refractivity contribution in [1.82, 2.24) is 0 Å². The van der Waals surface area contributed by atoms with Crippen molar-refractivity contribution >= 4 is 39.5 Å². The van der Waals surface area contributed by atoms with Gasteiger partial charge in [-0.15, -0.1) is 0 Å². The van der Waals surface area contributed by atoms with Gasteiger partial charge < -0.3 is 33.8 Å². The number of ether oxygens (including phenoxy) is 4. The summed E-state index contributed by atoms with van der Waals surface area (Å²) in [6.07, 6.45) is 69.4. The number of allylic oxidation sites excluding steroid dienone is 8. The van der Waals surface area contributed by atoms with E-state index in [0.29, 0.717) is 25.7 Å². The standard InChI is InChI=1S/C79H146O17P2/c1-5-9-13-17-21-25-29-33-36-40-43-47-51-55-59-63-76(81)89-69-74(95-78(83)65-61-57-53-49-45-39-32-28-24-20-16-12-8-4)71-93-97(85,86)91-67-73(80)68-92-98(87,88)94-72-75(96-79(84)66-62-58-54-50-46-42-38-35-31-27-23-19-15-11-7-3)70-90-77(82)64-60-56-52-48-44-41-37-34-30-26-22-18-14-10-6-2/h22,25-27,29,31,34,37,73-75,80H,5-21,23-24,28,30,32-33,35-36,38-72H2,1-4H3,(H,85,86)(H,87,88). The van der Waals surface area contributed by atoms with E-state index in [-0.39, 0.29) is 25.7 Å². The highest BCUT2D eigenvalue weighted by atomic mass is 31.2. The number of phosphoric acid groups is 2. The summed E-state index contributed by atoms with van der Waals surface area (Å²) in [5, 5.41) is 10.6. The Labute approximate surface area is 597 Å². The highest BCUT2D eigenvalue weighted by molar-refractivity contribution is 7.47. The number of phosphoric ester groups is 2. The summed E-state index contributed by atoms with van der Waals surface area (Å²) in [6.45, 7) is 4.88. The third-order valence-electron chi connectivity index (χ3n) is 17.3. The van der Waals surface area contributed by atoms with Gasteiger partial charge >= 0.3 is 39.5 Å². The van der Waals surface area contributed by atoms with Crippen LogP contribution < -0.4 is 0 Å². The molecule has 0 amide bonds. The maximum Gasteiger partial charge on any atom is 0.472 e. The van der Waals surface area contributed by atoms with Crippen molar-refractivity contribution in [3.8, 4) is 0 Å². The Morgan fingerprint density at radius 2 is 0.500 bits per heavy atom. The van der Waals surface area contributed by atoms with Gasteiger partial charge in [0.15, 0.2) is 12.2 Å². The van der Waals surface area contributed by atoms with Crippen LogP contribution in [0.3, 0.4) is 0 Å². The van der Waals surface area contributed by atoms with Crippen molar-refractivity contribution < 1.29 is 80.2 Å². The maximum atomic E-state index is 13.1. The molecular formula is C79H146O17P2. The normalized spacial score (nSPS) is 14.2. The second kappa shape index (κ2) is 72.4. The van der Waals surface area contributed by atoms with Crippen molar-refractivity contribution in [2.45, 2.75) is 393 Å². The minimum absolute atomic E-state index is 0.0919. The van der Waals surface area contributed by atoms with Gasteiger partial charge in [-0.2, -0.15) is 0 Å². The number of unbranched alkanes of at least 4 members (excludes halogenated alkanes) is 42. The van der Waals surface area contributed by atoms with E-state index >= 15 is 0 Å². The molecule has 0 aromatic carbocycles. The Bertz CT molecular complexity index is 2050. The van der Waals surface area contributed by atoms with Crippen molar-refractivity contribution in [2.75, 3.05) is 39.6 Å². The van der Waals surface area contributed by atoms with Gasteiger partial charge in [0.1, 0.15) is 19.3 Å². The molecular weight excluding hydrogens is 1280 g/mol. The Balaban J connectivity index is 5.32. The molecule has 3 N–H and O–H groups in total. The van der Waals surface area contributed by atoms with Crippen LogP contribution in [-0.4, -0.2) is 96.7 Å². The first-order valence-corrected chi connectivity index (χ1v) is 42.9. The van der Waals surface area contributed by atoms with Gasteiger partial charge in [-0.3, -0.25) is 37.3 Å². The Morgan fingerprint density at radius 3 is 0.796 bits per heavy atom. The van der Waals surface area contributed by atoms with Crippen molar-refractivity contribution in [3.63, 3.8) is 0 Å². The van der Waals surface area contributed by atoms with Crippen LogP contribution in [0, 0.1) is 0 Å². The largest absolute Gasteiger partial charge is 0.472 e. The highest BCUT2D eigenvalue weighted by Gasteiger charge is 2.30. The number of rotatable bonds is 76. The number of hydrogen-bond donors (Lipinski definition) is 3. The van der Waals surface area contributed by atoms with Gasteiger partial charge in [-0.25, -0.2) is 9.13 Å². The van der Waals surface area contributed by atoms with Gasteiger partial charge in [0.25, 0.3) is 0 Å². The summed E-state index contributed by atoms with van der Waals surface area (Å²) < 4.78 is 68.6. The lowest BCUT2D eigenvalue weighted by Gasteiger charge is -2.21. The van der Waals surface area contributed by atoms with E-state index in [1.165, 1.54) is 135 Å². The topological polar surface area (TPSA) is 237 Å². The lowest BCUT2D eigenvalue weighted by molar-refractivity contribution is -0.161. The number of carbonyl (C=O) groups excluding carboxylic acids is 4. The van der Waals surface area contributed by atoms with Gasteiger partial charge in [0.05, 0.1) is 26.4 Å². The molecule has 0 spiro atoms. The van der Waals surface area contributed by atoms with Crippen LogP contribution >= 0.6 is 15.6 Å². The number of carbonyl (C=O) groups is 4. The summed E-state index contributed by atoms with van der Waals surface area (Å²) in [5.41, 5.74) is 0. The van der Waals surface area contributed by atoms with E-state index in [9.17, 15) is 43.2 Å². The molecule has 574 valence electrons. The third-order valence-corrected chi connectivity index (χ3v) is 19.2. The smallest absolute Gasteiger partial charge is 0.462 e. The number of aliphatic hydroxyl groups excluding tert-OH is 1. The zero-order valence-corrected chi connectivity index (χ0v) is 64.5. The molecule has 5 unspecified atom stereocenters. The molecule has 0 aliphatic heterocycles. The van der Waals surface area contributed by atoms with Gasteiger partial charge in [-0.1, -0.05) is 288 Å². The van der Waals surface area contributed by atoms with Crippen LogP contribution in [0.15, 0.2) is 48.6 Å². The first kappa shape index (κ1) is 95.0. The Hall–Kier alpha value is -2.98. The van der Waals surface area contributed by atoms with Crippen molar-refractivity contribution in [2.24, 2.45) is 0 Å². The summed E-state index contributed by atoms with van der Waals surface area (Å²) in [7, 11) is -9.94. The number of hydrogen-bond acceptors (Lipinski definition) is 15. The lowest BCUT2D eigenvalue weighted by atomic mass is 10.0. The molecule has 5 atom stereocenters. The molecule has 0 bridgehead atoms. The first-order chi connectivity index (χ1) is 47.7. The van der Waals surface area contributed by atoms with E-state index in [1.807, 2.05) is 0 Å². The van der Waals surface area contributed by atoms with E-state index < -0.39 is 97.5 Å². The zero-order chi connectivity index (χ0) is 71.8. The average molecular weight is 1430 g/mol. The minimum Gasteiger partial charge on any atom is -0.462 e. The summed E-state index contributed by atoms with van der Waals surface area (Å²) in [5.74, 6) is -2.16. The quantitative estimate of drug-likeness (QED) is 0.0169. The summed E-state index contributed by atoms with van der Waals surface area (Å²) in [6, 6.07) is 0. The van der Waals surface area contributed by atoms with Crippen LogP contribution in [0.2, 0.25) is 0 Å². The van der Waals surface area contributed by atoms with Crippen LogP contribution in [0.1, 0.15) is 374 Å². The predicted octanol–water partition coefficient (Wildman–Crippen LogP) is 22.9. The van der Waals surface area contributed by atoms with Crippen molar-refractivity contribution in [3.05, 3.63) is 48.6 Å². The highest BCUT2D eigenvalue weighted by Crippen LogP contribution is 2.45. The monoisotopic (exact) mass is 1430 g/mol. The first-order valence-electron chi connectivity index (χ1n) is 39.9.